The van der Waals surface area contributed by atoms with Gasteiger partial charge >= 0.3 is 0 Å². The lowest BCUT2D eigenvalue weighted by atomic mass is 9.82. The van der Waals surface area contributed by atoms with E-state index in [-0.39, 0.29) is 31.3 Å². The van der Waals surface area contributed by atoms with Crippen LogP contribution >= 0.6 is 0 Å². The van der Waals surface area contributed by atoms with Gasteiger partial charge in [-0.05, 0) is 49.3 Å². The number of amides is 2. The molecule has 0 saturated carbocycles. The molecule has 4 N–H and O–H groups in total. The molecular formula is C26H30FN3O4Si. The maximum atomic E-state index is 15.4. The third-order valence-electron chi connectivity index (χ3n) is 7.44. The van der Waals surface area contributed by atoms with Crippen LogP contribution in [0.1, 0.15) is 24.5 Å². The fraction of sp³-hybridized carbons (Fsp3) is 0.385. The van der Waals surface area contributed by atoms with E-state index in [1.807, 2.05) is 37.4 Å². The highest BCUT2D eigenvalue weighted by atomic mass is 28.4. The van der Waals surface area contributed by atoms with Crippen molar-refractivity contribution in [2.75, 3.05) is 17.2 Å². The summed E-state index contributed by atoms with van der Waals surface area (Å²) < 4.78 is 21.7. The summed E-state index contributed by atoms with van der Waals surface area (Å²) in [4.78, 5) is 29.3. The lowest BCUT2D eigenvalue weighted by Gasteiger charge is -2.30. The van der Waals surface area contributed by atoms with E-state index in [2.05, 4.69) is 15.6 Å². The first-order valence-corrected chi connectivity index (χ1v) is 14.9. The Morgan fingerprint density at radius 1 is 1.26 bits per heavy atom. The molecule has 1 fully saturated rings. The first kappa shape index (κ1) is 23.7. The van der Waals surface area contributed by atoms with Gasteiger partial charge < -0.3 is 29.6 Å². The Hall–Kier alpha value is -3.01. The molecule has 2 aromatic carbocycles. The topological polar surface area (TPSA) is 103 Å². The number of fused-ring (bicyclic) bond motifs is 3. The van der Waals surface area contributed by atoms with Gasteiger partial charge in [0.1, 0.15) is 0 Å². The number of ether oxygens (including phenoxy) is 1. The van der Waals surface area contributed by atoms with Crippen molar-refractivity contribution >= 4 is 42.5 Å². The van der Waals surface area contributed by atoms with Crippen molar-refractivity contribution in [3.63, 3.8) is 0 Å². The summed E-state index contributed by atoms with van der Waals surface area (Å²) in [7, 11) is -3.22. The number of hydrogen-bond donors (Lipinski definition) is 4. The van der Waals surface area contributed by atoms with Crippen LogP contribution in [0.15, 0.2) is 48.7 Å². The van der Waals surface area contributed by atoms with E-state index < -0.39 is 31.6 Å². The van der Waals surface area contributed by atoms with Crippen molar-refractivity contribution in [3.8, 4) is 0 Å². The molecule has 9 heteroatoms. The number of nitrogens with one attached hydrogen (secondary N) is 3. The van der Waals surface area contributed by atoms with Crippen molar-refractivity contribution in [1.82, 2.24) is 4.98 Å². The van der Waals surface area contributed by atoms with Gasteiger partial charge in [-0.2, -0.15) is 0 Å². The van der Waals surface area contributed by atoms with E-state index in [0.717, 1.165) is 16.5 Å². The minimum absolute atomic E-state index is 0.146. The SMILES string of the molecule is C[C@H]1[C@H]([Si](C)(C)F)[C@@H](CCO)O[C@]12C(=O)Nc1ccc(NC(=O)Cc3c[nH]c4ccccc34)cc12. The Kier molecular flexibility index (Phi) is 5.81. The number of halogens is 1. The van der Waals surface area contributed by atoms with Crippen molar-refractivity contribution in [1.29, 1.82) is 0 Å². The molecule has 3 aromatic rings. The van der Waals surface area contributed by atoms with Crippen molar-refractivity contribution in [2.24, 2.45) is 5.92 Å². The van der Waals surface area contributed by atoms with Crippen molar-refractivity contribution in [2.45, 2.75) is 50.1 Å². The monoisotopic (exact) mass is 495 g/mol. The predicted octanol–water partition coefficient (Wildman–Crippen LogP) is 4.46. The molecule has 5 rings (SSSR count). The number of rotatable bonds is 6. The standard InChI is InChI=1S/C26H30FN3O4Si/c1-15-24(35(2,3)27)22(10-11-31)34-26(15)19-13-17(8-9-21(19)30-25(26)33)29-23(32)12-16-14-28-20-7-5-4-6-18(16)20/h4-9,13-15,22,24,28,31H,10-12H2,1-3H3,(H,29,32)(H,30,33)/t15-,22+,24-,26+/m0/s1. The van der Waals surface area contributed by atoms with Gasteiger partial charge in [-0.1, -0.05) is 25.1 Å². The number of hydrogen-bond acceptors (Lipinski definition) is 4. The minimum Gasteiger partial charge on any atom is -0.396 e. The highest BCUT2D eigenvalue weighted by Crippen LogP contribution is 2.59. The van der Waals surface area contributed by atoms with Crippen LogP contribution in [0.5, 0.6) is 0 Å². The second-order valence-electron chi connectivity index (χ2n) is 10.1. The summed E-state index contributed by atoms with van der Waals surface area (Å²) in [5, 5.41) is 16.4. The number of H-pyrrole nitrogens is 1. The summed E-state index contributed by atoms with van der Waals surface area (Å²) in [5.74, 6) is -0.940. The van der Waals surface area contributed by atoms with Crippen LogP contribution in [0, 0.1) is 5.92 Å². The van der Waals surface area contributed by atoms with E-state index in [1.54, 1.807) is 31.3 Å². The van der Waals surface area contributed by atoms with E-state index >= 15 is 4.11 Å². The van der Waals surface area contributed by atoms with Gasteiger partial charge in [-0.15, -0.1) is 0 Å². The fourth-order valence-corrected chi connectivity index (χ4v) is 8.54. The smallest absolute Gasteiger partial charge is 0.261 e. The van der Waals surface area contributed by atoms with Gasteiger partial charge in [0, 0.05) is 52.1 Å². The zero-order valence-electron chi connectivity index (χ0n) is 20.0. The lowest BCUT2D eigenvalue weighted by Crippen LogP contribution is -2.42. The van der Waals surface area contributed by atoms with Crippen LogP contribution in [0.4, 0.5) is 15.5 Å². The lowest BCUT2D eigenvalue weighted by molar-refractivity contribution is -0.143. The molecule has 2 aliphatic heterocycles. The summed E-state index contributed by atoms with van der Waals surface area (Å²) in [5.41, 5.74) is 1.80. The molecule has 0 aliphatic carbocycles. The molecule has 1 spiro atoms. The molecule has 4 atom stereocenters. The average molecular weight is 496 g/mol. The summed E-state index contributed by atoms with van der Waals surface area (Å²) in [6.07, 6.45) is 1.74. The third kappa shape index (κ3) is 3.87. The molecular weight excluding hydrogens is 465 g/mol. The predicted molar refractivity (Wildman–Crippen MR) is 135 cm³/mol. The molecule has 0 radical (unpaired) electrons. The number of anilines is 2. The van der Waals surface area contributed by atoms with Crippen LogP contribution in [-0.4, -0.2) is 43.0 Å². The molecule has 1 saturated heterocycles. The van der Waals surface area contributed by atoms with Crippen LogP contribution < -0.4 is 10.6 Å². The van der Waals surface area contributed by atoms with Crippen molar-refractivity contribution < 1.29 is 23.5 Å². The van der Waals surface area contributed by atoms with Crippen LogP contribution in [-0.2, 0) is 26.3 Å². The zero-order valence-corrected chi connectivity index (χ0v) is 21.0. The molecule has 2 amide bonds. The third-order valence-corrected chi connectivity index (χ3v) is 9.90. The molecule has 7 nitrogen and oxygen atoms in total. The van der Waals surface area contributed by atoms with Gasteiger partial charge in [0.2, 0.25) is 14.3 Å². The van der Waals surface area contributed by atoms with Crippen LogP contribution in [0.2, 0.25) is 18.6 Å². The highest BCUT2D eigenvalue weighted by molar-refractivity contribution is 6.72. The van der Waals surface area contributed by atoms with E-state index in [0.29, 0.717) is 16.9 Å². The molecule has 184 valence electrons. The van der Waals surface area contributed by atoms with E-state index in [9.17, 15) is 14.7 Å². The number of para-hydroxylation sites is 1. The molecule has 0 bridgehead atoms. The first-order valence-electron chi connectivity index (χ1n) is 11.9. The normalized spacial score (nSPS) is 25.7. The van der Waals surface area contributed by atoms with Gasteiger partial charge in [-0.25, -0.2) is 0 Å². The Labute approximate surface area is 204 Å². The van der Waals surface area contributed by atoms with Gasteiger partial charge in [0.05, 0.1) is 12.5 Å². The second-order valence-corrected chi connectivity index (χ2v) is 13.9. The van der Waals surface area contributed by atoms with Gasteiger partial charge in [0.15, 0.2) is 5.60 Å². The molecule has 1 aromatic heterocycles. The Morgan fingerprint density at radius 3 is 2.77 bits per heavy atom. The van der Waals surface area contributed by atoms with E-state index in [1.165, 1.54) is 0 Å². The van der Waals surface area contributed by atoms with E-state index in [4.69, 9.17) is 4.74 Å². The highest BCUT2D eigenvalue weighted by Gasteiger charge is 2.65. The number of aliphatic hydroxyl groups is 1. The quantitative estimate of drug-likeness (QED) is 0.299. The molecule has 2 aliphatic rings. The number of aromatic amines is 1. The summed E-state index contributed by atoms with van der Waals surface area (Å²) >= 11 is 0. The Bertz CT molecular complexity index is 1300. The molecule has 3 heterocycles. The van der Waals surface area contributed by atoms with Gasteiger partial charge in [0.25, 0.3) is 5.91 Å². The number of benzene rings is 2. The summed E-state index contributed by atoms with van der Waals surface area (Å²) in [6, 6.07) is 13.0. The number of carbonyl (C=O) groups is 2. The Morgan fingerprint density at radius 2 is 2.03 bits per heavy atom. The summed E-state index contributed by atoms with van der Waals surface area (Å²) in [6.45, 7) is 4.95. The number of carbonyl (C=O) groups excluding carboxylic acids is 2. The maximum absolute atomic E-state index is 15.4. The maximum Gasteiger partial charge on any atom is 0.261 e. The zero-order chi connectivity index (χ0) is 25.0. The largest absolute Gasteiger partial charge is 0.396 e. The molecule has 35 heavy (non-hydrogen) atoms. The Balaban J connectivity index is 1.43. The van der Waals surface area contributed by atoms with Crippen molar-refractivity contribution in [3.05, 3.63) is 59.8 Å². The van der Waals surface area contributed by atoms with Crippen LogP contribution in [0.3, 0.4) is 0 Å². The number of aliphatic hydroxyl groups excluding tert-OH is 1. The van der Waals surface area contributed by atoms with Gasteiger partial charge in [-0.3, -0.25) is 9.59 Å². The number of aromatic nitrogens is 1. The average Bonchev–Trinajstić information content (AvgIpc) is 3.42. The second kappa shape index (κ2) is 8.58. The minimum atomic E-state index is -3.22. The molecule has 0 unspecified atom stereocenters. The first-order chi connectivity index (χ1) is 16.6. The fourth-order valence-electron chi connectivity index (χ4n) is 6.00. The van der Waals surface area contributed by atoms with Crippen LogP contribution in [0.25, 0.3) is 10.9 Å².